The second-order valence-electron chi connectivity index (χ2n) is 4.93. The maximum absolute atomic E-state index is 12.2. The Morgan fingerprint density at radius 1 is 1.21 bits per heavy atom. The van der Waals surface area contributed by atoms with E-state index in [1.807, 2.05) is 6.07 Å². The smallest absolute Gasteiger partial charge is 0.387 e. The number of amides is 2. The number of hydrogen-bond donors (Lipinski definition) is 2. The van der Waals surface area contributed by atoms with E-state index in [1.54, 1.807) is 43.3 Å². The standard InChI is InChI=1S/C17H15F2N3O2/c1-11(12-6-4-7-14(9-12)24-16(18)19)21-17(23)22-15-8-3-2-5-13(15)10-20/h2-9,11,16H,1H3,(H2,21,22,23). The summed E-state index contributed by atoms with van der Waals surface area (Å²) in [5.41, 5.74) is 1.34. The summed E-state index contributed by atoms with van der Waals surface area (Å²) in [7, 11) is 0. The molecule has 2 aromatic rings. The molecular formula is C17H15F2N3O2. The minimum atomic E-state index is -2.91. The fourth-order valence-corrected chi connectivity index (χ4v) is 2.09. The molecule has 0 bridgehead atoms. The lowest BCUT2D eigenvalue weighted by Crippen LogP contribution is -2.31. The Kier molecular flexibility index (Phi) is 5.68. The van der Waals surface area contributed by atoms with Crippen molar-refractivity contribution in [2.45, 2.75) is 19.6 Å². The van der Waals surface area contributed by atoms with Crippen LogP contribution in [0.3, 0.4) is 0 Å². The first kappa shape index (κ1) is 17.2. The first-order valence-corrected chi connectivity index (χ1v) is 7.11. The molecule has 0 spiro atoms. The number of nitriles is 1. The van der Waals surface area contributed by atoms with Crippen molar-refractivity contribution in [3.8, 4) is 11.8 Å². The summed E-state index contributed by atoms with van der Waals surface area (Å²) in [6.45, 7) is -1.20. The predicted octanol–water partition coefficient (Wildman–Crippen LogP) is 4.04. The van der Waals surface area contributed by atoms with Gasteiger partial charge in [-0.2, -0.15) is 14.0 Å². The Bertz CT molecular complexity index is 759. The summed E-state index contributed by atoms with van der Waals surface area (Å²) >= 11 is 0. The summed E-state index contributed by atoms with van der Waals surface area (Å²) in [5.74, 6) is 0.0198. The average Bonchev–Trinajstić information content (AvgIpc) is 2.55. The van der Waals surface area contributed by atoms with E-state index in [1.165, 1.54) is 12.1 Å². The Labute approximate surface area is 137 Å². The van der Waals surface area contributed by atoms with Gasteiger partial charge in [-0.05, 0) is 36.8 Å². The zero-order valence-corrected chi connectivity index (χ0v) is 12.8. The number of nitrogens with one attached hydrogen (secondary N) is 2. The minimum absolute atomic E-state index is 0.0198. The summed E-state index contributed by atoms with van der Waals surface area (Å²) < 4.78 is 28.8. The third-order valence-corrected chi connectivity index (χ3v) is 3.23. The van der Waals surface area contributed by atoms with E-state index in [-0.39, 0.29) is 5.75 Å². The second kappa shape index (κ2) is 7.92. The van der Waals surface area contributed by atoms with Crippen molar-refractivity contribution in [1.82, 2.24) is 5.32 Å². The molecular weight excluding hydrogens is 316 g/mol. The molecule has 2 rings (SSSR count). The maximum atomic E-state index is 12.2. The van der Waals surface area contributed by atoms with Crippen LogP contribution >= 0.6 is 0 Å². The first-order chi connectivity index (χ1) is 11.5. The average molecular weight is 331 g/mol. The number of nitrogens with zero attached hydrogens (tertiary/aromatic N) is 1. The molecule has 0 aliphatic heterocycles. The SMILES string of the molecule is CC(NC(=O)Nc1ccccc1C#N)c1cccc(OC(F)F)c1. The molecule has 1 atom stereocenters. The highest BCUT2D eigenvalue weighted by Crippen LogP contribution is 2.21. The topological polar surface area (TPSA) is 74.2 Å². The lowest BCUT2D eigenvalue weighted by molar-refractivity contribution is -0.0499. The number of carbonyl (C=O) groups is 1. The largest absolute Gasteiger partial charge is 0.435 e. The Morgan fingerprint density at radius 2 is 1.96 bits per heavy atom. The molecule has 0 aliphatic carbocycles. The molecule has 5 nitrogen and oxygen atoms in total. The minimum Gasteiger partial charge on any atom is -0.435 e. The van der Waals surface area contributed by atoms with Crippen LogP contribution < -0.4 is 15.4 Å². The van der Waals surface area contributed by atoms with Crippen LogP contribution in [0.5, 0.6) is 5.75 Å². The molecule has 0 radical (unpaired) electrons. The molecule has 0 aliphatic rings. The van der Waals surface area contributed by atoms with Crippen LogP contribution in [0, 0.1) is 11.3 Å². The van der Waals surface area contributed by atoms with Gasteiger partial charge in [0.25, 0.3) is 0 Å². The highest BCUT2D eigenvalue weighted by molar-refractivity contribution is 5.90. The van der Waals surface area contributed by atoms with Crippen molar-refractivity contribution in [2.24, 2.45) is 0 Å². The summed E-state index contributed by atoms with van der Waals surface area (Å²) in [6, 6.07) is 13.7. The van der Waals surface area contributed by atoms with Crippen LogP contribution in [0.4, 0.5) is 19.3 Å². The number of rotatable bonds is 5. The molecule has 2 amide bonds. The number of urea groups is 1. The van der Waals surface area contributed by atoms with Crippen molar-refractivity contribution in [2.75, 3.05) is 5.32 Å². The van der Waals surface area contributed by atoms with Gasteiger partial charge in [-0.25, -0.2) is 4.79 Å². The van der Waals surface area contributed by atoms with E-state index in [0.717, 1.165) is 0 Å². The number of ether oxygens (including phenoxy) is 1. The third kappa shape index (κ3) is 4.68. The molecule has 2 aromatic carbocycles. The molecule has 124 valence electrons. The van der Waals surface area contributed by atoms with E-state index in [9.17, 15) is 13.6 Å². The van der Waals surface area contributed by atoms with Gasteiger partial charge >= 0.3 is 12.6 Å². The van der Waals surface area contributed by atoms with Gasteiger partial charge in [-0.15, -0.1) is 0 Å². The van der Waals surface area contributed by atoms with Crippen molar-refractivity contribution in [3.63, 3.8) is 0 Å². The maximum Gasteiger partial charge on any atom is 0.387 e. The Balaban J connectivity index is 2.02. The van der Waals surface area contributed by atoms with Crippen LogP contribution in [0.25, 0.3) is 0 Å². The van der Waals surface area contributed by atoms with E-state index < -0.39 is 18.7 Å². The van der Waals surface area contributed by atoms with E-state index >= 15 is 0 Å². The normalized spacial score (nSPS) is 11.5. The van der Waals surface area contributed by atoms with Crippen LogP contribution in [-0.4, -0.2) is 12.6 Å². The molecule has 24 heavy (non-hydrogen) atoms. The molecule has 2 N–H and O–H groups in total. The van der Waals surface area contributed by atoms with Gasteiger partial charge in [0.2, 0.25) is 0 Å². The third-order valence-electron chi connectivity index (χ3n) is 3.23. The summed E-state index contributed by atoms with van der Waals surface area (Å²) in [5, 5.41) is 14.3. The molecule has 0 heterocycles. The highest BCUT2D eigenvalue weighted by Gasteiger charge is 2.13. The lowest BCUT2D eigenvalue weighted by Gasteiger charge is -2.16. The van der Waals surface area contributed by atoms with Gasteiger partial charge in [0.1, 0.15) is 11.8 Å². The predicted molar refractivity (Wildman–Crippen MR) is 84.8 cm³/mol. The molecule has 0 saturated heterocycles. The molecule has 0 aromatic heterocycles. The van der Waals surface area contributed by atoms with Crippen molar-refractivity contribution in [1.29, 1.82) is 5.26 Å². The second-order valence-corrected chi connectivity index (χ2v) is 4.93. The van der Waals surface area contributed by atoms with Crippen LogP contribution in [0.2, 0.25) is 0 Å². The van der Waals surface area contributed by atoms with Crippen LogP contribution in [-0.2, 0) is 0 Å². The van der Waals surface area contributed by atoms with Crippen LogP contribution in [0.1, 0.15) is 24.1 Å². The van der Waals surface area contributed by atoms with E-state index in [2.05, 4.69) is 15.4 Å². The van der Waals surface area contributed by atoms with Gasteiger partial charge in [0.05, 0.1) is 17.3 Å². The lowest BCUT2D eigenvalue weighted by atomic mass is 10.1. The van der Waals surface area contributed by atoms with Crippen molar-refractivity contribution < 1.29 is 18.3 Å². The fourth-order valence-electron chi connectivity index (χ4n) is 2.09. The number of hydrogen-bond acceptors (Lipinski definition) is 3. The fraction of sp³-hybridized carbons (Fsp3) is 0.176. The number of benzene rings is 2. The molecule has 0 saturated carbocycles. The summed E-state index contributed by atoms with van der Waals surface area (Å²) in [6.07, 6.45) is 0. The quantitative estimate of drug-likeness (QED) is 0.868. The molecule has 0 fully saturated rings. The molecule has 1 unspecified atom stereocenters. The highest BCUT2D eigenvalue weighted by atomic mass is 19.3. The van der Waals surface area contributed by atoms with Crippen molar-refractivity contribution >= 4 is 11.7 Å². The monoisotopic (exact) mass is 331 g/mol. The van der Waals surface area contributed by atoms with E-state index in [0.29, 0.717) is 16.8 Å². The Hall–Kier alpha value is -3.14. The number of carbonyl (C=O) groups excluding carboxylic acids is 1. The number of anilines is 1. The van der Waals surface area contributed by atoms with Gasteiger partial charge in [-0.3, -0.25) is 0 Å². The van der Waals surface area contributed by atoms with Gasteiger partial charge in [0, 0.05) is 0 Å². The zero-order chi connectivity index (χ0) is 17.5. The van der Waals surface area contributed by atoms with Crippen molar-refractivity contribution in [3.05, 3.63) is 59.7 Å². The first-order valence-electron chi connectivity index (χ1n) is 7.11. The van der Waals surface area contributed by atoms with Gasteiger partial charge < -0.3 is 15.4 Å². The van der Waals surface area contributed by atoms with Gasteiger partial charge in [-0.1, -0.05) is 24.3 Å². The van der Waals surface area contributed by atoms with Gasteiger partial charge in [0.15, 0.2) is 0 Å². The van der Waals surface area contributed by atoms with E-state index in [4.69, 9.17) is 5.26 Å². The molecule has 7 heteroatoms. The number of alkyl halides is 2. The van der Waals surface area contributed by atoms with Crippen LogP contribution in [0.15, 0.2) is 48.5 Å². The summed E-state index contributed by atoms with van der Waals surface area (Å²) in [4.78, 5) is 12.0. The number of halogens is 2. The zero-order valence-electron chi connectivity index (χ0n) is 12.8. The number of para-hydroxylation sites is 1. The Morgan fingerprint density at radius 3 is 2.67 bits per heavy atom.